The number of amides is 1. The number of aromatic amines is 1. The quantitative estimate of drug-likeness (QED) is 0.584. The van der Waals surface area contributed by atoms with E-state index in [0.29, 0.717) is 11.6 Å². The number of fused-ring (bicyclic) bond motifs is 1. The minimum Gasteiger partial charge on any atom is -0.338 e. The third-order valence-corrected chi connectivity index (χ3v) is 4.87. The summed E-state index contributed by atoms with van der Waals surface area (Å²) < 4.78 is 1.65. The van der Waals surface area contributed by atoms with Crippen LogP contribution in [0.2, 0.25) is 0 Å². The number of carbonyl (C=O) groups is 1. The van der Waals surface area contributed by atoms with Crippen LogP contribution >= 0.6 is 0 Å². The normalized spacial score (nSPS) is 13.8. The highest BCUT2D eigenvalue weighted by molar-refractivity contribution is 6.05. The molecule has 5 rings (SSSR count). The van der Waals surface area contributed by atoms with Gasteiger partial charge in [0.05, 0.1) is 17.2 Å². The van der Waals surface area contributed by atoms with Crippen molar-refractivity contribution in [2.75, 3.05) is 5.32 Å². The van der Waals surface area contributed by atoms with Crippen molar-refractivity contribution in [1.29, 1.82) is 0 Å². The van der Waals surface area contributed by atoms with E-state index in [4.69, 9.17) is 0 Å². The summed E-state index contributed by atoms with van der Waals surface area (Å²) in [6.45, 7) is 0. The number of aromatic nitrogens is 5. The predicted molar refractivity (Wildman–Crippen MR) is 102 cm³/mol. The molecule has 0 spiro atoms. The number of benzene rings is 1. The molecule has 7 heteroatoms. The summed E-state index contributed by atoms with van der Waals surface area (Å²) in [6.07, 6.45) is 7.56. The number of hydrogen-bond donors (Lipinski definition) is 2. The second-order valence-electron chi connectivity index (χ2n) is 6.86. The van der Waals surface area contributed by atoms with Crippen molar-refractivity contribution in [1.82, 2.24) is 24.7 Å². The van der Waals surface area contributed by atoms with Gasteiger partial charge in [-0.3, -0.25) is 14.5 Å². The number of aryl methyl sites for hydroxylation is 1. The van der Waals surface area contributed by atoms with Gasteiger partial charge in [-0.15, -0.1) is 0 Å². The molecule has 2 N–H and O–H groups in total. The Balaban J connectivity index is 1.44. The van der Waals surface area contributed by atoms with Crippen LogP contribution in [0.15, 0.2) is 48.9 Å². The first-order chi connectivity index (χ1) is 13.2. The molecule has 0 radical (unpaired) electrons. The number of carbonyl (C=O) groups excluding carboxylic acids is 1. The lowest BCUT2D eigenvalue weighted by Crippen LogP contribution is -2.17. The van der Waals surface area contributed by atoms with Gasteiger partial charge in [0.2, 0.25) is 0 Å². The monoisotopic (exact) mass is 358 g/mol. The molecule has 7 nitrogen and oxygen atoms in total. The summed E-state index contributed by atoms with van der Waals surface area (Å²) in [6, 6.07) is 9.48. The Labute approximate surface area is 155 Å². The molecule has 3 aromatic heterocycles. The maximum Gasteiger partial charge on any atom is 0.274 e. The Kier molecular flexibility index (Phi) is 3.53. The van der Waals surface area contributed by atoms with Gasteiger partial charge in [-0.1, -0.05) is 0 Å². The van der Waals surface area contributed by atoms with Crippen molar-refractivity contribution in [3.05, 3.63) is 60.2 Å². The second-order valence-corrected chi connectivity index (χ2v) is 6.86. The van der Waals surface area contributed by atoms with Crippen molar-refractivity contribution >= 4 is 22.6 Å². The van der Waals surface area contributed by atoms with Crippen molar-refractivity contribution in [2.45, 2.75) is 18.8 Å². The molecule has 0 atom stereocenters. The maximum absolute atomic E-state index is 12.8. The zero-order valence-electron chi connectivity index (χ0n) is 14.8. The van der Waals surface area contributed by atoms with Gasteiger partial charge in [-0.2, -0.15) is 5.10 Å². The standard InChI is InChI=1S/C20H18N6O/c1-26-18(15(11-22-26)12-4-5-12)20(27)23-14-6-7-16-17(9-14)25-19(24-16)13-3-2-8-21-10-13/h2-3,6-12H,4-5H2,1H3,(H,23,27)(H,24,25). The predicted octanol–water partition coefficient (Wildman–Crippen LogP) is 3.49. The van der Waals surface area contributed by atoms with Gasteiger partial charge in [0.15, 0.2) is 0 Å². The summed E-state index contributed by atoms with van der Waals surface area (Å²) >= 11 is 0. The first-order valence-electron chi connectivity index (χ1n) is 8.92. The molecule has 1 saturated carbocycles. The van der Waals surface area contributed by atoms with Crippen molar-refractivity contribution in [2.24, 2.45) is 7.05 Å². The topological polar surface area (TPSA) is 88.5 Å². The highest BCUT2D eigenvalue weighted by atomic mass is 16.2. The van der Waals surface area contributed by atoms with Crippen LogP contribution < -0.4 is 5.32 Å². The van der Waals surface area contributed by atoms with Crippen molar-refractivity contribution < 1.29 is 4.79 Å². The Morgan fingerprint density at radius 3 is 2.93 bits per heavy atom. The molecule has 1 aromatic carbocycles. The van der Waals surface area contributed by atoms with Gasteiger partial charge in [-0.25, -0.2) is 4.98 Å². The molecule has 0 bridgehead atoms. The van der Waals surface area contributed by atoms with Crippen LogP contribution in [0.3, 0.4) is 0 Å². The zero-order chi connectivity index (χ0) is 18.4. The lowest BCUT2D eigenvalue weighted by molar-refractivity contribution is 0.101. The highest BCUT2D eigenvalue weighted by Crippen LogP contribution is 2.41. The average molecular weight is 358 g/mol. The minimum atomic E-state index is -0.136. The summed E-state index contributed by atoms with van der Waals surface area (Å²) in [7, 11) is 1.80. The average Bonchev–Trinajstić information content (AvgIpc) is 3.32. The van der Waals surface area contributed by atoms with Crippen LogP contribution in [0.4, 0.5) is 5.69 Å². The lowest BCUT2D eigenvalue weighted by atomic mass is 10.1. The van der Waals surface area contributed by atoms with Crippen molar-refractivity contribution in [3.8, 4) is 11.4 Å². The fraction of sp³-hybridized carbons (Fsp3) is 0.200. The number of nitrogens with zero attached hydrogens (tertiary/aromatic N) is 4. The SMILES string of the molecule is Cn1ncc(C2CC2)c1C(=O)Nc1ccc2nc(-c3cccnc3)[nH]c2c1. The molecule has 1 fully saturated rings. The van der Waals surface area contributed by atoms with Crippen LogP contribution in [-0.4, -0.2) is 30.6 Å². The van der Waals surface area contributed by atoms with E-state index in [2.05, 4.69) is 25.4 Å². The van der Waals surface area contributed by atoms with E-state index in [9.17, 15) is 4.79 Å². The summed E-state index contributed by atoms with van der Waals surface area (Å²) in [5.74, 6) is 1.09. The van der Waals surface area contributed by atoms with Crippen LogP contribution in [0.5, 0.6) is 0 Å². The fourth-order valence-electron chi connectivity index (χ4n) is 3.34. The van der Waals surface area contributed by atoms with Crippen LogP contribution in [0.25, 0.3) is 22.4 Å². The number of nitrogens with one attached hydrogen (secondary N) is 2. The summed E-state index contributed by atoms with van der Waals surface area (Å²) in [5.41, 5.74) is 5.01. The zero-order valence-corrected chi connectivity index (χ0v) is 14.8. The molecule has 0 aliphatic heterocycles. The Bertz CT molecular complexity index is 1140. The molecular weight excluding hydrogens is 340 g/mol. The number of hydrogen-bond acceptors (Lipinski definition) is 4. The number of H-pyrrole nitrogens is 1. The van der Waals surface area contributed by atoms with Gasteiger partial charge in [0, 0.05) is 36.3 Å². The Hall–Kier alpha value is -3.48. The Morgan fingerprint density at radius 2 is 2.15 bits per heavy atom. The Morgan fingerprint density at radius 1 is 1.26 bits per heavy atom. The minimum absolute atomic E-state index is 0.136. The lowest BCUT2D eigenvalue weighted by Gasteiger charge is -2.07. The van der Waals surface area contributed by atoms with Crippen LogP contribution in [0, 0.1) is 0 Å². The van der Waals surface area contributed by atoms with Crippen LogP contribution in [-0.2, 0) is 7.05 Å². The maximum atomic E-state index is 12.8. The number of rotatable bonds is 4. The molecule has 1 aliphatic rings. The summed E-state index contributed by atoms with van der Waals surface area (Å²) in [4.78, 5) is 24.8. The van der Waals surface area contributed by atoms with E-state index in [-0.39, 0.29) is 5.91 Å². The second kappa shape index (κ2) is 6.05. The van der Waals surface area contributed by atoms with E-state index in [1.165, 1.54) is 0 Å². The van der Waals surface area contributed by atoms with E-state index >= 15 is 0 Å². The molecule has 134 valence electrons. The third kappa shape index (κ3) is 2.87. The first kappa shape index (κ1) is 15.7. The molecular formula is C20H18N6O. The molecule has 27 heavy (non-hydrogen) atoms. The van der Waals surface area contributed by atoms with E-state index < -0.39 is 0 Å². The van der Waals surface area contributed by atoms with Crippen LogP contribution in [0.1, 0.15) is 34.8 Å². The molecule has 4 aromatic rings. The number of anilines is 1. The van der Waals surface area contributed by atoms with Gasteiger partial charge >= 0.3 is 0 Å². The smallest absolute Gasteiger partial charge is 0.274 e. The van der Waals surface area contributed by atoms with Gasteiger partial charge in [0.25, 0.3) is 5.91 Å². The highest BCUT2D eigenvalue weighted by Gasteiger charge is 2.30. The molecule has 3 heterocycles. The van der Waals surface area contributed by atoms with E-state index in [1.807, 2.05) is 36.5 Å². The molecule has 1 amide bonds. The summed E-state index contributed by atoms with van der Waals surface area (Å²) in [5, 5.41) is 7.25. The number of imidazole rings is 1. The van der Waals surface area contributed by atoms with E-state index in [1.54, 1.807) is 24.1 Å². The van der Waals surface area contributed by atoms with Crippen molar-refractivity contribution in [3.63, 3.8) is 0 Å². The molecule has 0 saturated heterocycles. The van der Waals surface area contributed by atoms with Gasteiger partial charge in [-0.05, 0) is 49.1 Å². The van der Waals surface area contributed by atoms with Gasteiger partial charge in [0.1, 0.15) is 11.5 Å². The number of pyridine rings is 1. The first-order valence-corrected chi connectivity index (χ1v) is 8.92. The molecule has 1 aliphatic carbocycles. The van der Waals surface area contributed by atoms with E-state index in [0.717, 1.165) is 46.5 Å². The molecule has 0 unspecified atom stereocenters. The largest absolute Gasteiger partial charge is 0.338 e. The fourth-order valence-corrected chi connectivity index (χ4v) is 3.34. The third-order valence-electron chi connectivity index (χ3n) is 4.87. The van der Waals surface area contributed by atoms with Gasteiger partial charge < -0.3 is 10.3 Å².